The minimum atomic E-state index is -0.592. The van der Waals surface area contributed by atoms with Crippen molar-refractivity contribution in [3.63, 3.8) is 0 Å². The fraction of sp³-hybridized carbons (Fsp3) is 0.474. The molecule has 0 saturated heterocycles. The first-order valence-electron chi connectivity index (χ1n) is 8.68. The van der Waals surface area contributed by atoms with Crippen molar-refractivity contribution >= 4 is 29.1 Å². The van der Waals surface area contributed by atoms with E-state index in [9.17, 15) is 14.0 Å². The second-order valence-corrected chi connectivity index (χ2v) is 6.76. The van der Waals surface area contributed by atoms with Crippen LogP contribution in [0.5, 0.6) is 0 Å². The molecule has 1 N–H and O–H groups in total. The minimum absolute atomic E-state index is 0.0682. The van der Waals surface area contributed by atoms with E-state index in [1.54, 1.807) is 11.9 Å². The fourth-order valence-electron chi connectivity index (χ4n) is 2.91. The Kier molecular flexibility index (Phi) is 7.00. The van der Waals surface area contributed by atoms with Crippen LogP contribution in [0, 0.1) is 5.82 Å². The number of hydrogen-bond donors (Lipinski definition) is 1. The average molecular weight is 367 g/mol. The topological polar surface area (TPSA) is 49.4 Å². The first-order valence-corrected chi connectivity index (χ1v) is 9.05. The van der Waals surface area contributed by atoms with Gasteiger partial charge in [0.25, 0.3) is 5.91 Å². The third-order valence-electron chi connectivity index (χ3n) is 4.37. The molecule has 0 heterocycles. The number of rotatable bonds is 6. The van der Waals surface area contributed by atoms with Gasteiger partial charge in [-0.3, -0.25) is 9.59 Å². The highest BCUT2D eigenvalue weighted by molar-refractivity contribution is 6.30. The van der Waals surface area contributed by atoms with Crippen LogP contribution in [-0.4, -0.2) is 30.3 Å². The first kappa shape index (κ1) is 19.4. The van der Waals surface area contributed by atoms with Gasteiger partial charge < -0.3 is 10.2 Å². The molecule has 0 saturated carbocycles. The van der Waals surface area contributed by atoms with Crippen LogP contribution < -0.4 is 5.32 Å². The van der Waals surface area contributed by atoms with Crippen LogP contribution in [0.25, 0.3) is 0 Å². The number of nitrogens with zero attached hydrogens (tertiary/aromatic N) is 1. The minimum Gasteiger partial charge on any atom is -0.342 e. The van der Waals surface area contributed by atoms with Crippen LogP contribution in [0.1, 0.15) is 45.4 Å². The Morgan fingerprint density at radius 1 is 1.24 bits per heavy atom. The van der Waals surface area contributed by atoms with E-state index < -0.39 is 11.7 Å². The molecule has 1 aromatic carbocycles. The van der Waals surface area contributed by atoms with Crippen LogP contribution in [0.3, 0.4) is 0 Å². The molecule has 25 heavy (non-hydrogen) atoms. The van der Waals surface area contributed by atoms with E-state index in [4.69, 9.17) is 11.6 Å². The molecule has 0 aliphatic heterocycles. The predicted molar refractivity (Wildman–Crippen MR) is 98.1 cm³/mol. The Morgan fingerprint density at radius 3 is 2.56 bits per heavy atom. The van der Waals surface area contributed by atoms with Crippen LogP contribution in [0.15, 0.2) is 29.3 Å². The Hall–Kier alpha value is -1.88. The molecule has 1 aliphatic rings. The number of unbranched alkanes of at least 4 members (excludes halogenated alkanes) is 1. The van der Waals surface area contributed by atoms with E-state index >= 15 is 0 Å². The van der Waals surface area contributed by atoms with E-state index in [1.165, 1.54) is 12.1 Å². The molecule has 0 aromatic heterocycles. The largest absolute Gasteiger partial charge is 0.342 e. The van der Waals surface area contributed by atoms with Crippen molar-refractivity contribution in [1.29, 1.82) is 0 Å². The molecule has 2 amide bonds. The standard InChI is InChI=1S/C19H24ClFN2O2/c1-3-4-11-23(2)19(25)15-8-6-5-7-14(15)18(24)22-17-10-9-13(20)12-16(17)21/h9-10,12H,3-8,11H2,1-2H3,(H,22,24). The van der Waals surface area contributed by atoms with Crippen molar-refractivity contribution in [2.75, 3.05) is 18.9 Å². The number of amides is 2. The van der Waals surface area contributed by atoms with Gasteiger partial charge in [-0.25, -0.2) is 4.39 Å². The summed E-state index contributed by atoms with van der Waals surface area (Å²) in [7, 11) is 1.76. The molecule has 1 aliphatic carbocycles. The molecular weight excluding hydrogens is 343 g/mol. The molecular formula is C19H24ClFN2O2. The summed E-state index contributed by atoms with van der Waals surface area (Å²) < 4.78 is 13.9. The molecule has 0 spiro atoms. The lowest BCUT2D eigenvalue weighted by molar-refractivity contribution is -0.126. The maximum absolute atomic E-state index is 13.9. The Morgan fingerprint density at radius 2 is 1.92 bits per heavy atom. The van der Waals surface area contributed by atoms with Crippen molar-refractivity contribution in [2.24, 2.45) is 0 Å². The van der Waals surface area contributed by atoms with Gasteiger partial charge in [0.15, 0.2) is 0 Å². The number of nitrogens with one attached hydrogen (secondary N) is 1. The van der Waals surface area contributed by atoms with Gasteiger partial charge in [-0.1, -0.05) is 24.9 Å². The fourth-order valence-corrected chi connectivity index (χ4v) is 3.07. The lowest BCUT2D eigenvalue weighted by Gasteiger charge is -2.24. The summed E-state index contributed by atoms with van der Waals surface area (Å²) in [6.07, 6.45) is 4.77. The Labute approximate surface area is 153 Å². The Balaban J connectivity index is 2.21. The molecule has 0 bridgehead atoms. The van der Waals surface area contributed by atoms with E-state index in [-0.39, 0.29) is 16.6 Å². The molecule has 0 unspecified atom stereocenters. The number of halogens is 2. The number of anilines is 1. The summed E-state index contributed by atoms with van der Waals surface area (Å²) in [6.45, 7) is 2.73. The monoisotopic (exact) mass is 366 g/mol. The zero-order chi connectivity index (χ0) is 18.4. The summed E-state index contributed by atoms with van der Waals surface area (Å²) in [5.74, 6) is -1.10. The van der Waals surface area contributed by atoms with Gasteiger partial charge in [-0.05, 0) is 50.3 Å². The van der Waals surface area contributed by atoms with E-state index in [0.29, 0.717) is 30.5 Å². The smallest absolute Gasteiger partial charge is 0.252 e. The normalized spacial score (nSPS) is 14.4. The highest BCUT2D eigenvalue weighted by atomic mass is 35.5. The van der Waals surface area contributed by atoms with Crippen LogP contribution >= 0.6 is 11.6 Å². The Bertz CT molecular complexity index is 688. The zero-order valence-corrected chi connectivity index (χ0v) is 15.5. The summed E-state index contributed by atoms with van der Waals surface area (Å²) in [6, 6.07) is 4.09. The van der Waals surface area contributed by atoms with Gasteiger partial charge in [0.1, 0.15) is 5.82 Å². The van der Waals surface area contributed by atoms with E-state index in [2.05, 4.69) is 12.2 Å². The second-order valence-electron chi connectivity index (χ2n) is 6.32. The first-order chi connectivity index (χ1) is 11.9. The van der Waals surface area contributed by atoms with Gasteiger partial charge in [0.2, 0.25) is 5.91 Å². The predicted octanol–water partition coefficient (Wildman–Crippen LogP) is 4.55. The molecule has 0 fully saturated rings. The van der Waals surface area contributed by atoms with Crippen molar-refractivity contribution in [2.45, 2.75) is 45.4 Å². The number of benzene rings is 1. The summed E-state index contributed by atoms with van der Waals surface area (Å²) in [5, 5.41) is 2.84. The third-order valence-corrected chi connectivity index (χ3v) is 4.61. The number of hydrogen-bond acceptors (Lipinski definition) is 2. The molecule has 6 heteroatoms. The third kappa shape index (κ3) is 5.05. The maximum atomic E-state index is 13.9. The lowest BCUT2D eigenvalue weighted by Crippen LogP contribution is -2.32. The van der Waals surface area contributed by atoms with Gasteiger partial charge in [-0.2, -0.15) is 0 Å². The number of carbonyl (C=O) groups excluding carboxylic acids is 2. The summed E-state index contributed by atoms with van der Waals surface area (Å²) in [4.78, 5) is 27.0. The van der Waals surface area contributed by atoms with Crippen molar-refractivity contribution in [1.82, 2.24) is 4.90 Å². The highest BCUT2D eigenvalue weighted by Crippen LogP contribution is 2.28. The number of carbonyl (C=O) groups is 2. The van der Waals surface area contributed by atoms with Crippen LogP contribution in [0.4, 0.5) is 10.1 Å². The molecule has 4 nitrogen and oxygen atoms in total. The molecule has 136 valence electrons. The van der Waals surface area contributed by atoms with E-state index in [0.717, 1.165) is 31.7 Å². The van der Waals surface area contributed by atoms with Gasteiger partial charge in [-0.15, -0.1) is 0 Å². The summed E-state index contributed by atoms with van der Waals surface area (Å²) in [5.41, 5.74) is 1.09. The second kappa shape index (κ2) is 8.99. The molecule has 2 rings (SSSR count). The van der Waals surface area contributed by atoms with Gasteiger partial charge in [0.05, 0.1) is 5.69 Å². The SMILES string of the molecule is CCCCN(C)C(=O)C1=C(C(=O)Nc2ccc(Cl)cc2F)CCCC1. The number of likely N-dealkylation sites (N-methyl/N-ethyl adjacent to an activating group) is 1. The van der Waals surface area contributed by atoms with Crippen molar-refractivity contribution in [3.8, 4) is 0 Å². The average Bonchev–Trinajstić information content (AvgIpc) is 2.61. The van der Waals surface area contributed by atoms with Crippen LogP contribution in [-0.2, 0) is 9.59 Å². The quantitative estimate of drug-likeness (QED) is 0.803. The maximum Gasteiger partial charge on any atom is 0.252 e. The van der Waals surface area contributed by atoms with E-state index in [1.807, 2.05) is 0 Å². The van der Waals surface area contributed by atoms with Crippen LogP contribution in [0.2, 0.25) is 5.02 Å². The zero-order valence-electron chi connectivity index (χ0n) is 14.7. The highest BCUT2D eigenvalue weighted by Gasteiger charge is 2.26. The van der Waals surface area contributed by atoms with Gasteiger partial charge in [0, 0.05) is 29.8 Å². The summed E-state index contributed by atoms with van der Waals surface area (Å²) >= 11 is 5.73. The molecule has 0 radical (unpaired) electrons. The molecule has 0 atom stereocenters. The van der Waals surface area contributed by atoms with Gasteiger partial charge >= 0.3 is 0 Å². The van der Waals surface area contributed by atoms with Crippen molar-refractivity contribution < 1.29 is 14.0 Å². The van der Waals surface area contributed by atoms with Crippen molar-refractivity contribution in [3.05, 3.63) is 40.2 Å². The lowest BCUT2D eigenvalue weighted by atomic mass is 9.90. The molecule has 1 aromatic rings.